The number of primary amides is 1. The molecule has 0 spiro atoms. The van der Waals surface area contributed by atoms with E-state index in [0.717, 1.165) is 23.3 Å². The molecule has 1 amide bonds. The van der Waals surface area contributed by atoms with E-state index in [1.165, 1.54) is 12.1 Å². The van der Waals surface area contributed by atoms with Crippen LogP contribution in [-0.4, -0.2) is 16.9 Å². The molecule has 4 nitrogen and oxygen atoms in total. The number of hydrogen-bond acceptors (Lipinski definition) is 3. The Hall–Kier alpha value is -3.35. The van der Waals surface area contributed by atoms with E-state index in [1.807, 2.05) is 36.4 Å². The molecule has 3 N–H and O–H groups in total. The van der Waals surface area contributed by atoms with Crippen molar-refractivity contribution in [2.45, 2.75) is 18.6 Å². The molecule has 1 aromatic heterocycles. The van der Waals surface area contributed by atoms with Crippen LogP contribution in [0.25, 0.3) is 11.1 Å². The highest BCUT2D eigenvalue weighted by Gasteiger charge is 2.30. The quantitative estimate of drug-likeness (QED) is 0.666. The smallest absolute Gasteiger partial charge is 0.373 e. The molecule has 28 heavy (non-hydrogen) atoms. The van der Waals surface area contributed by atoms with Crippen LogP contribution in [0.3, 0.4) is 0 Å². The summed E-state index contributed by atoms with van der Waals surface area (Å²) < 4.78 is 38.0. The molecule has 7 heteroatoms. The molecule has 0 saturated heterocycles. The molecule has 0 radical (unpaired) electrons. The van der Waals surface area contributed by atoms with Crippen molar-refractivity contribution >= 4 is 11.6 Å². The second-order valence-corrected chi connectivity index (χ2v) is 6.31. The fourth-order valence-electron chi connectivity index (χ4n) is 2.79. The lowest BCUT2D eigenvalue weighted by molar-refractivity contribution is -0.137. The molecule has 1 atom stereocenters. The maximum atomic E-state index is 12.7. The number of amides is 1. The first-order chi connectivity index (χ1) is 13.3. The van der Waals surface area contributed by atoms with Crippen molar-refractivity contribution in [3.63, 3.8) is 0 Å². The first-order valence-corrected chi connectivity index (χ1v) is 8.55. The van der Waals surface area contributed by atoms with Crippen molar-refractivity contribution in [3.8, 4) is 11.1 Å². The van der Waals surface area contributed by atoms with Gasteiger partial charge >= 0.3 is 6.18 Å². The normalized spacial score (nSPS) is 12.4. The van der Waals surface area contributed by atoms with Gasteiger partial charge in [0.1, 0.15) is 6.04 Å². The molecule has 0 fully saturated rings. The number of nitrogens with zero attached hydrogens (tertiary/aromatic N) is 1. The number of nitrogens with one attached hydrogen (secondary N) is 1. The number of carbonyl (C=O) groups excluding carboxylic acids is 1. The van der Waals surface area contributed by atoms with Gasteiger partial charge in [-0.3, -0.25) is 9.78 Å². The Bertz CT molecular complexity index is 924. The van der Waals surface area contributed by atoms with Crippen molar-refractivity contribution < 1.29 is 18.0 Å². The van der Waals surface area contributed by atoms with Gasteiger partial charge in [0.05, 0.1) is 5.56 Å². The summed E-state index contributed by atoms with van der Waals surface area (Å²) in [5, 5.41) is 3.04. The second-order valence-electron chi connectivity index (χ2n) is 6.31. The van der Waals surface area contributed by atoms with Crippen LogP contribution in [0.2, 0.25) is 0 Å². The number of anilines is 1. The molecule has 0 aliphatic rings. The van der Waals surface area contributed by atoms with E-state index in [9.17, 15) is 18.0 Å². The van der Waals surface area contributed by atoms with Gasteiger partial charge in [0.2, 0.25) is 5.91 Å². The zero-order valence-electron chi connectivity index (χ0n) is 14.8. The van der Waals surface area contributed by atoms with Crippen molar-refractivity contribution in [2.75, 3.05) is 5.32 Å². The Morgan fingerprint density at radius 1 is 0.929 bits per heavy atom. The summed E-state index contributed by atoms with van der Waals surface area (Å²) in [6.07, 6.45) is -0.806. The van der Waals surface area contributed by atoms with Crippen molar-refractivity contribution in [1.29, 1.82) is 0 Å². The van der Waals surface area contributed by atoms with E-state index in [2.05, 4.69) is 10.3 Å². The highest BCUT2D eigenvalue weighted by Crippen LogP contribution is 2.29. The van der Waals surface area contributed by atoms with Gasteiger partial charge in [0.15, 0.2) is 0 Å². The summed E-state index contributed by atoms with van der Waals surface area (Å²) in [6.45, 7) is 0. The van der Waals surface area contributed by atoms with Crippen LogP contribution in [0.1, 0.15) is 11.1 Å². The number of halogens is 3. The number of rotatable bonds is 6. The van der Waals surface area contributed by atoms with Crippen molar-refractivity contribution in [3.05, 3.63) is 84.2 Å². The average molecular weight is 385 g/mol. The van der Waals surface area contributed by atoms with Gasteiger partial charge in [-0.1, -0.05) is 24.3 Å². The van der Waals surface area contributed by atoms with E-state index < -0.39 is 23.7 Å². The molecule has 0 aliphatic heterocycles. The molecule has 144 valence electrons. The van der Waals surface area contributed by atoms with Crippen LogP contribution >= 0.6 is 0 Å². The third kappa shape index (κ3) is 4.88. The van der Waals surface area contributed by atoms with Gasteiger partial charge in [-0.25, -0.2) is 0 Å². The first-order valence-electron chi connectivity index (χ1n) is 8.55. The Morgan fingerprint density at radius 3 is 2.04 bits per heavy atom. The minimum Gasteiger partial charge on any atom is -0.373 e. The lowest BCUT2D eigenvalue weighted by Crippen LogP contribution is -2.37. The van der Waals surface area contributed by atoms with E-state index in [-0.39, 0.29) is 6.42 Å². The zero-order chi connectivity index (χ0) is 20.1. The molecular weight excluding hydrogens is 367 g/mol. The van der Waals surface area contributed by atoms with Crippen LogP contribution in [0.4, 0.5) is 18.9 Å². The summed E-state index contributed by atoms with van der Waals surface area (Å²) in [4.78, 5) is 15.8. The van der Waals surface area contributed by atoms with E-state index in [4.69, 9.17) is 5.73 Å². The van der Waals surface area contributed by atoms with Crippen LogP contribution in [-0.2, 0) is 17.4 Å². The largest absolute Gasteiger partial charge is 0.416 e. The number of aromatic nitrogens is 1. The van der Waals surface area contributed by atoms with Gasteiger partial charge in [-0.15, -0.1) is 0 Å². The third-order valence-corrected chi connectivity index (χ3v) is 4.30. The molecule has 3 rings (SSSR count). The molecule has 0 bridgehead atoms. The lowest BCUT2D eigenvalue weighted by Gasteiger charge is -2.17. The Morgan fingerprint density at radius 2 is 1.50 bits per heavy atom. The van der Waals surface area contributed by atoms with Gasteiger partial charge in [0, 0.05) is 24.5 Å². The average Bonchev–Trinajstić information content (AvgIpc) is 2.68. The van der Waals surface area contributed by atoms with E-state index in [0.29, 0.717) is 11.3 Å². The minimum absolute atomic E-state index is 0.180. The number of benzene rings is 2. The maximum Gasteiger partial charge on any atom is 0.416 e. The van der Waals surface area contributed by atoms with E-state index in [1.54, 1.807) is 12.4 Å². The highest BCUT2D eigenvalue weighted by molar-refractivity contribution is 5.83. The Labute approximate surface area is 160 Å². The summed E-state index contributed by atoms with van der Waals surface area (Å²) in [7, 11) is 0. The van der Waals surface area contributed by atoms with Gasteiger partial charge in [-0.05, 0) is 53.1 Å². The van der Waals surface area contributed by atoms with Crippen molar-refractivity contribution in [1.82, 2.24) is 4.98 Å². The molecule has 1 heterocycles. The predicted molar refractivity (Wildman–Crippen MR) is 101 cm³/mol. The number of pyridine rings is 1. The monoisotopic (exact) mass is 385 g/mol. The number of nitrogens with two attached hydrogens (primary N) is 1. The SMILES string of the molecule is NC(=O)[C@@H](Cc1ccc(C(F)(F)F)cc1)Nc1ccc(-c2ccncc2)cc1. The molecule has 0 unspecified atom stereocenters. The second kappa shape index (κ2) is 8.12. The van der Waals surface area contributed by atoms with Crippen LogP contribution in [0, 0.1) is 0 Å². The first kappa shape index (κ1) is 19.4. The standard InChI is InChI=1S/C21H18F3N3O/c22-21(23,24)17-5-1-14(2-6-17)13-19(20(25)28)27-18-7-3-15(4-8-18)16-9-11-26-12-10-16/h1-12,19,27H,13H2,(H2,25,28)/t19-/m1/s1. The molecular formula is C21H18F3N3O. The highest BCUT2D eigenvalue weighted by atomic mass is 19.4. The molecule has 0 aliphatic carbocycles. The lowest BCUT2D eigenvalue weighted by atomic mass is 10.0. The number of hydrogen-bond donors (Lipinski definition) is 2. The summed E-state index contributed by atoms with van der Waals surface area (Å²) >= 11 is 0. The number of alkyl halides is 3. The third-order valence-electron chi connectivity index (χ3n) is 4.30. The van der Waals surface area contributed by atoms with Crippen LogP contribution in [0.5, 0.6) is 0 Å². The summed E-state index contributed by atoms with van der Waals surface area (Å²) in [5.41, 5.74) is 8.01. The van der Waals surface area contributed by atoms with Crippen LogP contribution in [0.15, 0.2) is 73.1 Å². The van der Waals surface area contributed by atoms with Gasteiger partial charge in [0.25, 0.3) is 0 Å². The molecule has 3 aromatic rings. The van der Waals surface area contributed by atoms with Gasteiger partial charge in [-0.2, -0.15) is 13.2 Å². The zero-order valence-corrected chi connectivity index (χ0v) is 14.8. The molecule has 2 aromatic carbocycles. The number of carbonyl (C=O) groups is 1. The summed E-state index contributed by atoms with van der Waals surface area (Å²) in [6, 6.07) is 15.2. The minimum atomic E-state index is -4.39. The summed E-state index contributed by atoms with van der Waals surface area (Å²) in [5.74, 6) is -0.585. The maximum absolute atomic E-state index is 12.7. The Kier molecular flexibility index (Phi) is 5.63. The fraction of sp³-hybridized carbons (Fsp3) is 0.143. The topological polar surface area (TPSA) is 68.0 Å². The molecule has 0 saturated carbocycles. The van der Waals surface area contributed by atoms with Crippen LogP contribution < -0.4 is 11.1 Å². The van der Waals surface area contributed by atoms with E-state index >= 15 is 0 Å². The van der Waals surface area contributed by atoms with Crippen molar-refractivity contribution in [2.24, 2.45) is 5.73 Å². The predicted octanol–water partition coefficient (Wildman–Crippen LogP) is 4.28. The fourth-order valence-corrected chi connectivity index (χ4v) is 2.79. The Balaban J connectivity index is 1.70. The van der Waals surface area contributed by atoms with Gasteiger partial charge < -0.3 is 11.1 Å².